The molecule has 1 amide bonds. The molecule has 7 N–H and O–H groups in total. The first-order valence-corrected chi connectivity index (χ1v) is 26.1. The third-order valence-electron chi connectivity index (χ3n) is 9.57. The minimum Gasteiger partial charge on any atom is -0.481 e. The van der Waals surface area contributed by atoms with Crippen molar-refractivity contribution in [3.8, 4) is 23.3 Å². The lowest BCUT2D eigenvalue weighted by Crippen LogP contribution is -2.13. The first-order valence-electron chi connectivity index (χ1n) is 19.4. The van der Waals surface area contributed by atoms with Gasteiger partial charge in [0.2, 0.25) is 11.0 Å². The minimum atomic E-state index is -4.87. The van der Waals surface area contributed by atoms with Crippen LogP contribution in [0.4, 0.5) is 49.5 Å². The zero-order valence-electron chi connectivity index (χ0n) is 35.3. The van der Waals surface area contributed by atoms with Gasteiger partial charge in [-0.3, -0.25) is 23.2 Å². The van der Waals surface area contributed by atoms with Crippen molar-refractivity contribution in [2.45, 2.75) is 34.5 Å². The van der Waals surface area contributed by atoms with Crippen LogP contribution < -0.4 is 16.0 Å². The predicted molar refractivity (Wildman–Crippen MR) is 261 cm³/mol. The molecule has 23 nitrogen and oxygen atoms in total. The molecular formula is C41H27Cl2N11O12S5. The van der Waals surface area contributed by atoms with Crippen molar-refractivity contribution in [1.29, 1.82) is 10.5 Å². The maximum absolute atomic E-state index is 12.6. The van der Waals surface area contributed by atoms with Crippen LogP contribution in [-0.2, 0) is 39.9 Å². The molecule has 0 spiro atoms. The van der Waals surface area contributed by atoms with Crippen molar-refractivity contribution in [3.05, 3.63) is 106 Å². The van der Waals surface area contributed by atoms with E-state index < -0.39 is 63.3 Å². The van der Waals surface area contributed by atoms with Crippen molar-refractivity contribution in [2.24, 2.45) is 20.5 Å². The molecule has 30 heteroatoms. The Morgan fingerprint density at radius 3 is 1.90 bits per heavy atom. The van der Waals surface area contributed by atoms with Crippen LogP contribution in [0, 0.1) is 29.6 Å². The van der Waals surface area contributed by atoms with Crippen LogP contribution in [0.5, 0.6) is 0 Å². The van der Waals surface area contributed by atoms with Gasteiger partial charge in [-0.25, -0.2) is 9.97 Å². The number of carbonyl (C=O) groups excluding carboxylic acids is 1. The Bertz CT molecular complexity index is 3870. The monoisotopic (exact) mass is 1090 g/mol. The summed E-state index contributed by atoms with van der Waals surface area (Å²) >= 11 is 13.9. The van der Waals surface area contributed by atoms with E-state index in [-0.39, 0.29) is 99.3 Å². The molecule has 0 atom stereocenters. The van der Waals surface area contributed by atoms with Gasteiger partial charge in [0.15, 0.2) is 16.6 Å². The number of thiophene rings is 1. The molecule has 7 aromatic rings. The number of amides is 1. The molecule has 0 saturated carbocycles. The number of aliphatic carboxylic acids is 1. The summed E-state index contributed by atoms with van der Waals surface area (Å²) in [5, 5.41) is 55.1. The Balaban J connectivity index is 1.39. The van der Waals surface area contributed by atoms with E-state index in [0.29, 0.717) is 4.70 Å². The van der Waals surface area contributed by atoms with Gasteiger partial charge in [-0.05, 0) is 79.2 Å². The molecule has 0 aliphatic heterocycles. The van der Waals surface area contributed by atoms with Crippen LogP contribution in [0.1, 0.15) is 29.5 Å². The van der Waals surface area contributed by atoms with E-state index in [1.165, 1.54) is 49.4 Å². The normalized spacial score (nSPS) is 12.0. The highest BCUT2D eigenvalue weighted by Crippen LogP contribution is 2.49. The maximum atomic E-state index is 12.6. The molecular weight excluding hydrogens is 1070 g/mol. The number of anilines is 5. The number of carboxylic acid groups (broad SMARTS) is 1. The number of carboxylic acids is 1. The Morgan fingerprint density at radius 2 is 1.31 bits per heavy atom. The second-order valence-corrected chi connectivity index (χ2v) is 21.4. The molecule has 3 aromatic heterocycles. The van der Waals surface area contributed by atoms with Crippen molar-refractivity contribution in [2.75, 3.05) is 16.0 Å². The molecule has 0 fully saturated rings. The van der Waals surface area contributed by atoms with Crippen LogP contribution in [0.3, 0.4) is 0 Å². The summed E-state index contributed by atoms with van der Waals surface area (Å²) in [6.07, 6.45) is -0.784. The number of pyridine rings is 1. The Hall–Kier alpha value is -7.35. The van der Waals surface area contributed by atoms with Crippen LogP contribution in [0.15, 0.2) is 114 Å². The van der Waals surface area contributed by atoms with E-state index in [4.69, 9.17) is 28.3 Å². The number of hydrogen-bond acceptors (Lipinski definition) is 20. The lowest BCUT2D eigenvalue weighted by atomic mass is 10.0. The Labute approximate surface area is 419 Å². The molecule has 0 saturated heterocycles. The molecule has 71 heavy (non-hydrogen) atoms. The van der Waals surface area contributed by atoms with Gasteiger partial charge in [0.1, 0.15) is 38.2 Å². The van der Waals surface area contributed by atoms with Crippen LogP contribution in [0.2, 0.25) is 10.0 Å². The van der Waals surface area contributed by atoms with Gasteiger partial charge in [0, 0.05) is 34.6 Å². The third kappa shape index (κ3) is 12.0. The number of rotatable bonds is 16. The van der Waals surface area contributed by atoms with E-state index in [1.807, 2.05) is 6.07 Å². The minimum absolute atomic E-state index is 0.0185. The Kier molecular flexibility index (Phi) is 14.9. The summed E-state index contributed by atoms with van der Waals surface area (Å²) < 4.78 is 102. The summed E-state index contributed by atoms with van der Waals surface area (Å²) in [6, 6.07) is 20.8. The highest BCUT2D eigenvalue weighted by Gasteiger charge is 2.25. The second-order valence-electron chi connectivity index (χ2n) is 14.4. The van der Waals surface area contributed by atoms with Crippen molar-refractivity contribution < 1.29 is 53.6 Å². The van der Waals surface area contributed by atoms with E-state index in [2.05, 4.69) is 52.4 Å². The number of azo groups is 2. The first kappa shape index (κ1) is 51.5. The molecule has 3 heterocycles. The molecule has 0 bridgehead atoms. The number of halogens is 2. The van der Waals surface area contributed by atoms with Gasteiger partial charge < -0.3 is 21.1 Å². The highest BCUT2D eigenvalue weighted by molar-refractivity contribution is 7.86. The Morgan fingerprint density at radius 1 is 0.690 bits per heavy atom. The van der Waals surface area contributed by atoms with Crippen LogP contribution >= 0.6 is 45.9 Å². The summed E-state index contributed by atoms with van der Waals surface area (Å²) in [6.45, 7) is 1.43. The lowest BCUT2D eigenvalue weighted by molar-refractivity contribution is -0.138. The summed E-state index contributed by atoms with van der Waals surface area (Å²) in [5.41, 5.74) is 0.252. The quantitative estimate of drug-likeness (QED) is 0.0349. The molecule has 0 aliphatic rings. The number of nitrogens with zero attached hydrogens (tertiary/aromatic N) is 8. The fraction of sp³-hybridized carbons (Fsp3) is 0.0732. The van der Waals surface area contributed by atoms with Gasteiger partial charge in [-0.2, -0.15) is 35.8 Å². The number of nitriles is 2. The summed E-state index contributed by atoms with van der Waals surface area (Å²) in [4.78, 5) is 30.7. The first-order chi connectivity index (χ1) is 33.4. The fourth-order valence-corrected chi connectivity index (χ4v) is 10.5. The van der Waals surface area contributed by atoms with Gasteiger partial charge in [0.25, 0.3) is 30.4 Å². The largest absolute Gasteiger partial charge is 0.481 e. The third-order valence-corrected chi connectivity index (χ3v) is 15.0. The van der Waals surface area contributed by atoms with E-state index in [0.717, 1.165) is 53.0 Å². The number of carbonyl (C=O) groups is 2. The number of thiazole rings is 1. The zero-order valence-corrected chi connectivity index (χ0v) is 40.9. The maximum Gasteiger partial charge on any atom is 0.303 e. The number of hydrogen-bond donors (Lipinski definition) is 7. The van der Waals surface area contributed by atoms with Crippen LogP contribution in [-0.4, -0.2) is 65.9 Å². The highest BCUT2D eigenvalue weighted by atomic mass is 35.5. The fourth-order valence-electron chi connectivity index (χ4n) is 6.36. The van der Waals surface area contributed by atoms with Gasteiger partial charge >= 0.3 is 5.97 Å². The van der Waals surface area contributed by atoms with E-state index >= 15 is 0 Å². The second kappa shape index (κ2) is 20.5. The van der Waals surface area contributed by atoms with Gasteiger partial charge in [0.05, 0.1) is 37.1 Å². The van der Waals surface area contributed by atoms with Crippen LogP contribution in [0.25, 0.3) is 21.3 Å². The number of fused-ring (bicyclic) bond motifs is 1. The smallest absolute Gasteiger partial charge is 0.303 e. The van der Waals surface area contributed by atoms with Gasteiger partial charge in [-0.15, -0.1) is 20.5 Å². The topological polar surface area (TPSA) is 376 Å². The summed E-state index contributed by atoms with van der Waals surface area (Å²) in [7, 11) is -14.3. The van der Waals surface area contributed by atoms with E-state index in [1.54, 1.807) is 6.07 Å². The molecule has 4 aromatic carbocycles. The van der Waals surface area contributed by atoms with Gasteiger partial charge in [-0.1, -0.05) is 58.0 Å². The number of aromatic nitrogens is 2. The lowest BCUT2D eigenvalue weighted by Gasteiger charge is -2.16. The van der Waals surface area contributed by atoms with E-state index in [9.17, 15) is 59.0 Å². The predicted octanol–water partition coefficient (Wildman–Crippen LogP) is 10.6. The van der Waals surface area contributed by atoms with Crippen molar-refractivity contribution in [1.82, 2.24) is 9.97 Å². The molecule has 0 unspecified atom stereocenters. The zero-order chi connectivity index (χ0) is 51.6. The number of nitrogens with one attached hydrogen (secondary N) is 3. The molecule has 7 rings (SSSR count). The molecule has 0 aliphatic carbocycles. The van der Waals surface area contributed by atoms with Crippen molar-refractivity contribution >= 4 is 148 Å². The number of benzene rings is 4. The SMILES string of the molecule is Cc1c(C#N)c(Nc2ccc(Cl)c(S(=O)(=O)O)c2)nc(Nc2ccc(Cl)c(S(=O)(=O)O)c2)c1N=Nc1sc(N=Nc2nc3cc(S(=O)(=O)O)ccc3s2)c(-c2cccc(NC(=O)CCC(=O)O)c2)c1C#N. The average molecular weight is 1100 g/mol. The average Bonchev–Trinajstić information content (AvgIpc) is 3.88. The van der Waals surface area contributed by atoms with Crippen molar-refractivity contribution in [3.63, 3.8) is 0 Å². The molecule has 362 valence electrons. The summed E-state index contributed by atoms with van der Waals surface area (Å²) in [5.74, 6) is -2.27. The molecule has 0 radical (unpaired) electrons. The standard InChI is InChI=1S/C41H27Cl2N11O12S5/c1-19-25(17-44)37(47-22-5-8-27(42)31(14-22)70(61,62)63)50-38(48-23-6-9-28(43)32(15-23)71(64,65)66)36(19)51-52-39-26(18-45)35(20-3-2-4-21(13-20)46-33(55)11-12-34(56)57)40(68-39)53-54-41-49-29-16-24(69(58,59)60)7-10-30(29)67-41/h2-10,13-16H,11-12H2,1H3,(H,46,55)(H,56,57)(H2,47,48,50)(H,58,59,60)(H,61,62,63)(H,64,65,66).